The van der Waals surface area contributed by atoms with Crippen molar-refractivity contribution < 1.29 is 9.59 Å². The third-order valence-electron chi connectivity index (χ3n) is 4.25. The molecular formula is C17H24N2O2. The summed E-state index contributed by atoms with van der Waals surface area (Å²) in [6.07, 6.45) is 1.29. The first-order valence-corrected chi connectivity index (χ1v) is 7.60. The molecule has 1 fully saturated rings. The molecule has 0 radical (unpaired) electrons. The van der Waals surface area contributed by atoms with E-state index in [9.17, 15) is 9.59 Å². The molecule has 1 aliphatic rings. The number of carbonyl (C=O) groups is 2. The monoisotopic (exact) mass is 288 g/mol. The molecule has 0 N–H and O–H groups in total. The van der Waals surface area contributed by atoms with Crippen molar-refractivity contribution in [3.63, 3.8) is 0 Å². The third kappa shape index (κ3) is 3.26. The predicted molar refractivity (Wildman–Crippen MR) is 84.2 cm³/mol. The molecule has 0 saturated carbocycles. The Morgan fingerprint density at radius 2 is 1.95 bits per heavy atom. The van der Waals surface area contributed by atoms with Gasteiger partial charge in [-0.3, -0.25) is 9.59 Å². The van der Waals surface area contributed by atoms with E-state index in [0.717, 1.165) is 12.1 Å². The van der Waals surface area contributed by atoms with Crippen molar-refractivity contribution in [1.29, 1.82) is 0 Å². The van der Waals surface area contributed by atoms with Gasteiger partial charge in [-0.05, 0) is 38.0 Å². The largest absolute Gasteiger partial charge is 0.343 e. The number of rotatable bonds is 4. The van der Waals surface area contributed by atoms with E-state index in [0.29, 0.717) is 13.0 Å². The molecule has 1 aromatic carbocycles. The lowest BCUT2D eigenvalue weighted by Crippen LogP contribution is -2.38. The van der Waals surface area contributed by atoms with Gasteiger partial charge in [-0.2, -0.15) is 0 Å². The molecule has 21 heavy (non-hydrogen) atoms. The Labute approximate surface area is 126 Å². The summed E-state index contributed by atoms with van der Waals surface area (Å²) in [6, 6.07) is 8.17. The van der Waals surface area contributed by atoms with Crippen molar-refractivity contribution in [2.75, 3.05) is 18.5 Å². The van der Waals surface area contributed by atoms with Crippen LogP contribution in [0.15, 0.2) is 24.3 Å². The Bertz CT molecular complexity index is 522. The Kier molecular flexibility index (Phi) is 4.66. The van der Waals surface area contributed by atoms with Crippen LogP contribution in [0.1, 0.15) is 32.8 Å². The summed E-state index contributed by atoms with van der Waals surface area (Å²) in [5, 5.41) is 0. The Morgan fingerprint density at radius 1 is 1.33 bits per heavy atom. The summed E-state index contributed by atoms with van der Waals surface area (Å²) >= 11 is 0. The highest BCUT2D eigenvalue weighted by atomic mass is 16.2. The Morgan fingerprint density at radius 3 is 2.48 bits per heavy atom. The quantitative estimate of drug-likeness (QED) is 0.854. The molecule has 1 aromatic rings. The summed E-state index contributed by atoms with van der Waals surface area (Å²) < 4.78 is 0. The van der Waals surface area contributed by atoms with E-state index in [1.54, 1.807) is 16.8 Å². The molecule has 1 unspecified atom stereocenters. The minimum absolute atomic E-state index is 0.0368. The van der Waals surface area contributed by atoms with Crippen LogP contribution in [0, 0.1) is 5.92 Å². The lowest BCUT2D eigenvalue weighted by atomic mass is 10.1. The maximum absolute atomic E-state index is 12.4. The van der Waals surface area contributed by atoms with Crippen molar-refractivity contribution in [3.05, 3.63) is 29.8 Å². The van der Waals surface area contributed by atoms with E-state index < -0.39 is 0 Å². The summed E-state index contributed by atoms with van der Waals surface area (Å²) in [7, 11) is 1.80. The van der Waals surface area contributed by atoms with Crippen LogP contribution in [0.5, 0.6) is 0 Å². The molecule has 1 heterocycles. The lowest BCUT2D eigenvalue weighted by molar-refractivity contribution is -0.135. The minimum Gasteiger partial charge on any atom is -0.343 e. The van der Waals surface area contributed by atoms with Gasteiger partial charge >= 0.3 is 0 Å². The van der Waals surface area contributed by atoms with Gasteiger partial charge in [-0.25, -0.2) is 0 Å². The fraction of sp³-hybridized carbons (Fsp3) is 0.529. The molecule has 4 nitrogen and oxygen atoms in total. The second kappa shape index (κ2) is 6.29. The van der Waals surface area contributed by atoms with Gasteiger partial charge in [0.25, 0.3) is 0 Å². The second-order valence-electron chi connectivity index (χ2n) is 5.97. The van der Waals surface area contributed by atoms with Crippen LogP contribution >= 0.6 is 0 Å². The SMILES string of the molecule is CCc1ccc(N2CC(C(=O)N(C)C(C)C)CC2=O)cc1. The fourth-order valence-electron chi connectivity index (χ4n) is 2.58. The highest BCUT2D eigenvalue weighted by molar-refractivity contribution is 6.00. The molecule has 2 rings (SSSR count). The van der Waals surface area contributed by atoms with Crippen LogP contribution in [-0.2, 0) is 16.0 Å². The van der Waals surface area contributed by atoms with E-state index in [2.05, 4.69) is 6.92 Å². The summed E-state index contributed by atoms with van der Waals surface area (Å²) in [5.41, 5.74) is 2.14. The topological polar surface area (TPSA) is 40.6 Å². The number of anilines is 1. The van der Waals surface area contributed by atoms with Crippen LogP contribution in [-0.4, -0.2) is 36.3 Å². The van der Waals surface area contributed by atoms with Gasteiger partial charge in [0.2, 0.25) is 11.8 Å². The highest BCUT2D eigenvalue weighted by Gasteiger charge is 2.36. The molecule has 0 bridgehead atoms. The standard InChI is InChI=1S/C17H24N2O2/c1-5-13-6-8-15(9-7-13)19-11-14(10-16(19)20)17(21)18(4)12(2)3/h6-9,12,14H,5,10-11H2,1-4H3. The van der Waals surface area contributed by atoms with Crippen molar-refractivity contribution >= 4 is 17.5 Å². The average molecular weight is 288 g/mol. The first-order chi connectivity index (χ1) is 9.93. The molecule has 4 heteroatoms. The molecular weight excluding hydrogens is 264 g/mol. The average Bonchev–Trinajstić information content (AvgIpc) is 2.87. The summed E-state index contributed by atoms with van der Waals surface area (Å²) in [6.45, 7) is 6.55. The van der Waals surface area contributed by atoms with Gasteiger partial charge in [-0.1, -0.05) is 19.1 Å². The molecule has 0 spiro atoms. The number of hydrogen-bond acceptors (Lipinski definition) is 2. The van der Waals surface area contributed by atoms with E-state index in [4.69, 9.17) is 0 Å². The summed E-state index contributed by atoms with van der Waals surface area (Å²) in [4.78, 5) is 28.0. The zero-order valence-corrected chi connectivity index (χ0v) is 13.3. The molecule has 0 aromatic heterocycles. The molecule has 1 aliphatic heterocycles. The van der Waals surface area contributed by atoms with Crippen LogP contribution in [0.25, 0.3) is 0 Å². The van der Waals surface area contributed by atoms with Crippen LogP contribution in [0.3, 0.4) is 0 Å². The third-order valence-corrected chi connectivity index (χ3v) is 4.25. The number of aryl methyl sites for hydroxylation is 1. The van der Waals surface area contributed by atoms with Crippen molar-refractivity contribution in [1.82, 2.24) is 4.90 Å². The van der Waals surface area contributed by atoms with E-state index in [1.807, 2.05) is 38.1 Å². The smallest absolute Gasteiger partial charge is 0.227 e. The second-order valence-corrected chi connectivity index (χ2v) is 5.97. The van der Waals surface area contributed by atoms with Crippen molar-refractivity contribution in [3.8, 4) is 0 Å². The Hall–Kier alpha value is -1.84. The van der Waals surface area contributed by atoms with Gasteiger partial charge in [0, 0.05) is 31.7 Å². The predicted octanol–water partition coefficient (Wildman–Crippen LogP) is 2.47. The maximum atomic E-state index is 12.4. The van der Waals surface area contributed by atoms with Crippen LogP contribution in [0.2, 0.25) is 0 Å². The van der Waals surface area contributed by atoms with Crippen molar-refractivity contribution in [2.24, 2.45) is 5.92 Å². The zero-order valence-electron chi connectivity index (χ0n) is 13.3. The van der Waals surface area contributed by atoms with Gasteiger partial charge in [-0.15, -0.1) is 0 Å². The van der Waals surface area contributed by atoms with Gasteiger partial charge in [0.15, 0.2) is 0 Å². The molecule has 114 valence electrons. The minimum atomic E-state index is -0.226. The van der Waals surface area contributed by atoms with Crippen molar-refractivity contribution in [2.45, 2.75) is 39.7 Å². The summed E-state index contributed by atoms with van der Waals surface area (Å²) in [5.74, 6) is -0.128. The molecule has 1 saturated heterocycles. The molecule has 1 atom stereocenters. The Balaban J connectivity index is 2.10. The van der Waals surface area contributed by atoms with Crippen LogP contribution < -0.4 is 4.90 Å². The number of hydrogen-bond donors (Lipinski definition) is 0. The maximum Gasteiger partial charge on any atom is 0.227 e. The van der Waals surface area contributed by atoms with E-state index in [1.165, 1.54) is 5.56 Å². The number of amides is 2. The molecule has 2 amide bonds. The fourth-order valence-corrected chi connectivity index (χ4v) is 2.58. The van der Waals surface area contributed by atoms with Gasteiger partial charge in [0.05, 0.1) is 5.92 Å². The number of carbonyl (C=O) groups excluding carboxylic acids is 2. The molecule has 0 aliphatic carbocycles. The van der Waals surface area contributed by atoms with Crippen LogP contribution in [0.4, 0.5) is 5.69 Å². The first-order valence-electron chi connectivity index (χ1n) is 7.60. The zero-order chi connectivity index (χ0) is 15.6. The lowest BCUT2D eigenvalue weighted by Gasteiger charge is -2.24. The number of benzene rings is 1. The van der Waals surface area contributed by atoms with E-state index >= 15 is 0 Å². The first kappa shape index (κ1) is 15.5. The van der Waals surface area contributed by atoms with Gasteiger partial charge < -0.3 is 9.80 Å². The normalized spacial score (nSPS) is 18.4. The highest BCUT2D eigenvalue weighted by Crippen LogP contribution is 2.26. The van der Waals surface area contributed by atoms with Gasteiger partial charge in [0.1, 0.15) is 0 Å². The van der Waals surface area contributed by atoms with E-state index in [-0.39, 0.29) is 23.8 Å². The number of nitrogens with zero attached hydrogens (tertiary/aromatic N) is 2.